The minimum absolute atomic E-state index is 0.0643. The second kappa shape index (κ2) is 7.68. The highest BCUT2D eigenvalue weighted by molar-refractivity contribution is 7.18. The molecule has 0 radical (unpaired) electrons. The van der Waals surface area contributed by atoms with Gasteiger partial charge in [-0.2, -0.15) is 0 Å². The number of anilines is 1. The first-order chi connectivity index (χ1) is 13.5. The molecule has 0 saturated heterocycles. The van der Waals surface area contributed by atoms with Gasteiger partial charge in [0, 0.05) is 15.6 Å². The van der Waals surface area contributed by atoms with E-state index in [9.17, 15) is 9.59 Å². The zero-order chi connectivity index (χ0) is 19.8. The fourth-order valence-corrected chi connectivity index (χ4v) is 5.44. The van der Waals surface area contributed by atoms with E-state index in [-0.39, 0.29) is 18.0 Å². The van der Waals surface area contributed by atoms with E-state index in [0.29, 0.717) is 10.4 Å². The number of aryl methyl sites for hydroxylation is 3. The van der Waals surface area contributed by atoms with E-state index in [4.69, 9.17) is 11.6 Å². The molecule has 0 spiro atoms. The summed E-state index contributed by atoms with van der Waals surface area (Å²) in [6.45, 7) is 3.98. The summed E-state index contributed by atoms with van der Waals surface area (Å²) < 4.78 is 1.41. The van der Waals surface area contributed by atoms with Crippen LogP contribution in [0.3, 0.4) is 0 Å². The van der Waals surface area contributed by atoms with Crippen LogP contribution in [0.1, 0.15) is 41.8 Å². The van der Waals surface area contributed by atoms with Crippen molar-refractivity contribution in [3.63, 3.8) is 0 Å². The number of hydrogen-bond donors (Lipinski definition) is 1. The summed E-state index contributed by atoms with van der Waals surface area (Å²) in [5.41, 5.74) is 3.72. The molecule has 1 amide bonds. The number of carbonyl (C=O) groups is 1. The third-order valence-electron chi connectivity index (χ3n) is 5.35. The molecule has 3 aromatic rings. The molecule has 0 atom stereocenters. The van der Waals surface area contributed by atoms with Gasteiger partial charge in [0.25, 0.3) is 5.56 Å². The van der Waals surface area contributed by atoms with Gasteiger partial charge in [0.15, 0.2) is 0 Å². The first-order valence-corrected chi connectivity index (χ1v) is 10.8. The van der Waals surface area contributed by atoms with E-state index in [1.54, 1.807) is 11.3 Å². The predicted molar refractivity (Wildman–Crippen MR) is 115 cm³/mol. The van der Waals surface area contributed by atoms with Crippen LogP contribution in [0, 0.1) is 0 Å². The number of fused-ring (bicyclic) bond motifs is 3. The fourth-order valence-electron chi connectivity index (χ4n) is 3.93. The lowest BCUT2D eigenvalue weighted by Crippen LogP contribution is -2.28. The molecule has 1 aromatic carbocycles. The molecular weight excluding hydrogens is 394 g/mol. The van der Waals surface area contributed by atoms with Gasteiger partial charge in [-0.3, -0.25) is 14.2 Å². The minimum atomic E-state index is -0.248. The lowest BCUT2D eigenvalue weighted by Gasteiger charge is -2.16. The van der Waals surface area contributed by atoms with Gasteiger partial charge < -0.3 is 5.32 Å². The van der Waals surface area contributed by atoms with Crippen LogP contribution in [-0.4, -0.2) is 15.5 Å². The minimum Gasteiger partial charge on any atom is -0.324 e. The number of carbonyl (C=O) groups excluding carboxylic acids is 1. The van der Waals surface area contributed by atoms with E-state index in [1.165, 1.54) is 15.8 Å². The van der Waals surface area contributed by atoms with E-state index < -0.39 is 0 Å². The van der Waals surface area contributed by atoms with Crippen molar-refractivity contribution in [2.45, 2.75) is 52.5 Å². The van der Waals surface area contributed by atoms with Gasteiger partial charge in [0.2, 0.25) is 5.91 Å². The van der Waals surface area contributed by atoms with Crippen molar-refractivity contribution >= 4 is 44.7 Å². The van der Waals surface area contributed by atoms with Crippen LogP contribution in [-0.2, 0) is 37.0 Å². The third kappa shape index (κ3) is 3.25. The summed E-state index contributed by atoms with van der Waals surface area (Å²) in [6, 6.07) is 3.81. The molecule has 0 fully saturated rings. The second-order valence-corrected chi connectivity index (χ2v) is 8.52. The average Bonchev–Trinajstić information content (AvgIpc) is 3.25. The number of amides is 1. The van der Waals surface area contributed by atoms with E-state index in [1.807, 2.05) is 26.0 Å². The summed E-state index contributed by atoms with van der Waals surface area (Å²) in [4.78, 5) is 32.2. The first-order valence-electron chi connectivity index (χ1n) is 9.63. The smallest absolute Gasteiger partial charge is 0.262 e. The Labute approximate surface area is 172 Å². The van der Waals surface area contributed by atoms with Crippen molar-refractivity contribution in [1.82, 2.24) is 9.55 Å². The Morgan fingerprint density at radius 1 is 1.29 bits per heavy atom. The highest BCUT2D eigenvalue weighted by Gasteiger charge is 2.22. The van der Waals surface area contributed by atoms with E-state index in [2.05, 4.69) is 10.3 Å². The van der Waals surface area contributed by atoms with Crippen LogP contribution in [0.5, 0.6) is 0 Å². The molecule has 1 aliphatic rings. The summed E-state index contributed by atoms with van der Waals surface area (Å²) in [5, 5.41) is 4.32. The SMILES string of the molecule is CCc1ccc(Cl)c(CC)c1NC(=O)Cn1cnc2sc3c(c2c1=O)CCC3. The van der Waals surface area contributed by atoms with Crippen molar-refractivity contribution < 1.29 is 4.79 Å². The van der Waals surface area contributed by atoms with Crippen LogP contribution in [0.4, 0.5) is 5.69 Å². The van der Waals surface area contributed by atoms with Gasteiger partial charge in [-0.05, 0) is 54.9 Å². The molecular formula is C21H22ClN3O2S. The molecule has 0 aliphatic heterocycles. The van der Waals surface area contributed by atoms with Crippen molar-refractivity contribution in [3.8, 4) is 0 Å². The third-order valence-corrected chi connectivity index (χ3v) is 6.90. The van der Waals surface area contributed by atoms with Gasteiger partial charge in [0.1, 0.15) is 11.4 Å². The van der Waals surface area contributed by atoms with Gasteiger partial charge in [-0.25, -0.2) is 4.98 Å². The zero-order valence-corrected chi connectivity index (χ0v) is 17.5. The Morgan fingerprint density at radius 3 is 2.86 bits per heavy atom. The summed E-state index contributed by atoms with van der Waals surface area (Å²) >= 11 is 7.92. The van der Waals surface area contributed by atoms with Gasteiger partial charge >= 0.3 is 0 Å². The number of benzene rings is 1. The number of halogens is 1. The lowest BCUT2D eigenvalue weighted by molar-refractivity contribution is -0.116. The maximum absolute atomic E-state index is 13.0. The Morgan fingerprint density at radius 2 is 2.11 bits per heavy atom. The summed E-state index contributed by atoms with van der Waals surface area (Å²) in [7, 11) is 0. The van der Waals surface area contributed by atoms with Crippen LogP contribution in [0.25, 0.3) is 10.2 Å². The fraction of sp³-hybridized carbons (Fsp3) is 0.381. The predicted octanol–water partition coefficient (Wildman–Crippen LogP) is 4.36. The molecule has 2 aromatic heterocycles. The molecule has 28 heavy (non-hydrogen) atoms. The van der Waals surface area contributed by atoms with Crippen LogP contribution in [0.15, 0.2) is 23.3 Å². The Bertz CT molecular complexity index is 1130. The second-order valence-electron chi connectivity index (χ2n) is 7.03. The molecule has 7 heteroatoms. The topological polar surface area (TPSA) is 64.0 Å². The number of aromatic nitrogens is 2. The lowest BCUT2D eigenvalue weighted by atomic mass is 10.0. The average molecular weight is 416 g/mol. The largest absolute Gasteiger partial charge is 0.324 e. The molecule has 0 saturated carbocycles. The first kappa shape index (κ1) is 19.2. The summed E-state index contributed by atoms with van der Waals surface area (Å²) in [6.07, 6.45) is 6.01. The standard InChI is InChI=1S/C21H22ClN3O2S/c1-3-12-8-9-15(22)13(4-2)19(12)24-17(26)10-25-11-23-20-18(21(25)27)14-6-5-7-16(14)28-20/h8-9,11H,3-7,10H2,1-2H3,(H,24,26). The van der Waals surface area contributed by atoms with Crippen molar-refractivity contribution in [3.05, 3.63) is 55.4 Å². The van der Waals surface area contributed by atoms with E-state index in [0.717, 1.165) is 59.3 Å². The van der Waals surface area contributed by atoms with Gasteiger partial charge in [-0.1, -0.05) is 31.5 Å². The maximum Gasteiger partial charge on any atom is 0.262 e. The molecule has 4 rings (SSSR count). The van der Waals surface area contributed by atoms with Gasteiger partial charge in [0.05, 0.1) is 11.7 Å². The van der Waals surface area contributed by atoms with Crippen LogP contribution < -0.4 is 10.9 Å². The number of nitrogens with zero attached hydrogens (tertiary/aromatic N) is 2. The molecule has 1 N–H and O–H groups in total. The van der Waals surface area contributed by atoms with Crippen LogP contribution >= 0.6 is 22.9 Å². The normalized spacial score (nSPS) is 13.1. The number of hydrogen-bond acceptors (Lipinski definition) is 4. The maximum atomic E-state index is 13.0. The molecule has 1 aliphatic carbocycles. The van der Waals surface area contributed by atoms with E-state index >= 15 is 0 Å². The number of thiophene rings is 1. The zero-order valence-electron chi connectivity index (χ0n) is 16.0. The Balaban J connectivity index is 1.64. The van der Waals surface area contributed by atoms with Crippen LogP contribution in [0.2, 0.25) is 5.02 Å². The molecule has 5 nitrogen and oxygen atoms in total. The highest BCUT2D eigenvalue weighted by Crippen LogP contribution is 2.34. The van der Waals surface area contributed by atoms with Crippen molar-refractivity contribution in [2.24, 2.45) is 0 Å². The Kier molecular flexibility index (Phi) is 5.25. The highest BCUT2D eigenvalue weighted by atomic mass is 35.5. The molecule has 0 bridgehead atoms. The summed E-state index contributed by atoms with van der Waals surface area (Å²) in [5.74, 6) is -0.248. The number of rotatable bonds is 5. The quantitative estimate of drug-likeness (QED) is 0.673. The molecule has 146 valence electrons. The monoisotopic (exact) mass is 415 g/mol. The Hall–Kier alpha value is -2.18. The molecule has 0 unspecified atom stereocenters. The van der Waals surface area contributed by atoms with Crippen molar-refractivity contribution in [2.75, 3.05) is 5.32 Å². The number of nitrogens with one attached hydrogen (secondary N) is 1. The molecule has 2 heterocycles. The van der Waals surface area contributed by atoms with Gasteiger partial charge in [-0.15, -0.1) is 11.3 Å². The van der Waals surface area contributed by atoms with Crippen molar-refractivity contribution in [1.29, 1.82) is 0 Å².